The Morgan fingerprint density at radius 2 is 1.67 bits per heavy atom. The van der Waals surface area contributed by atoms with Gasteiger partial charge in [0, 0.05) is 0 Å². The lowest BCUT2D eigenvalue weighted by molar-refractivity contribution is -0.771. The van der Waals surface area contributed by atoms with E-state index in [9.17, 15) is 15.2 Å². The van der Waals surface area contributed by atoms with Gasteiger partial charge in [-0.2, -0.15) is 0 Å². The molecule has 0 aliphatic rings. The second-order valence-electron chi connectivity index (χ2n) is 2.78. The molecule has 0 unspecified atom stereocenters. The normalized spacial score (nSPS) is 19.0. The number of hydrogen-bond donors (Lipinski definition) is 5. The van der Waals surface area contributed by atoms with E-state index in [1.54, 1.807) is 0 Å². The first-order valence-corrected chi connectivity index (χ1v) is 4.01. The molecular formula is C6H13NO8. The topological polar surface area (TPSA) is 154 Å². The molecule has 0 rings (SSSR count). The Balaban J connectivity index is 4.35. The second-order valence-corrected chi connectivity index (χ2v) is 2.78. The molecule has 90 valence electrons. The van der Waals surface area contributed by atoms with Crippen LogP contribution in [0.2, 0.25) is 0 Å². The van der Waals surface area contributed by atoms with Crippen LogP contribution < -0.4 is 0 Å². The minimum Gasteiger partial charge on any atom is -0.394 e. The molecule has 15 heavy (non-hydrogen) atoms. The summed E-state index contributed by atoms with van der Waals surface area (Å²) >= 11 is 0. The van der Waals surface area contributed by atoms with Crippen LogP contribution in [0.3, 0.4) is 0 Å². The molecule has 0 heterocycles. The third-order valence-electron chi connectivity index (χ3n) is 1.71. The monoisotopic (exact) mass is 227 g/mol. The Morgan fingerprint density at radius 3 is 2.00 bits per heavy atom. The molecule has 0 saturated heterocycles. The van der Waals surface area contributed by atoms with E-state index in [0.29, 0.717) is 0 Å². The number of nitrogens with zero attached hydrogens (tertiary/aromatic N) is 1. The van der Waals surface area contributed by atoms with Crippen LogP contribution >= 0.6 is 0 Å². The van der Waals surface area contributed by atoms with Crippen molar-refractivity contribution in [3.63, 3.8) is 0 Å². The quantitative estimate of drug-likeness (QED) is 0.223. The lowest BCUT2D eigenvalue weighted by Gasteiger charge is -2.25. The fourth-order valence-corrected chi connectivity index (χ4v) is 0.870. The number of aliphatic hydroxyl groups is 5. The van der Waals surface area contributed by atoms with Gasteiger partial charge < -0.3 is 30.4 Å². The molecule has 0 aromatic heterocycles. The van der Waals surface area contributed by atoms with Gasteiger partial charge in [0.2, 0.25) is 0 Å². The van der Waals surface area contributed by atoms with Crippen LogP contribution in [0, 0.1) is 10.1 Å². The van der Waals surface area contributed by atoms with Crippen molar-refractivity contribution < 1.29 is 35.5 Å². The maximum absolute atomic E-state index is 9.90. The van der Waals surface area contributed by atoms with E-state index in [1.165, 1.54) is 0 Å². The van der Waals surface area contributed by atoms with E-state index < -0.39 is 42.7 Å². The predicted octanol–water partition coefficient (Wildman–Crippen LogP) is -3.37. The summed E-state index contributed by atoms with van der Waals surface area (Å²) in [6.45, 7) is -1.76. The van der Waals surface area contributed by atoms with Gasteiger partial charge in [0.15, 0.2) is 6.10 Å². The molecule has 0 spiro atoms. The minimum absolute atomic E-state index is 0.838. The molecule has 0 saturated carbocycles. The molecule has 9 nitrogen and oxygen atoms in total. The number of rotatable bonds is 7. The Labute approximate surface area is 84.3 Å². The van der Waals surface area contributed by atoms with Crippen LogP contribution in [0.4, 0.5) is 0 Å². The van der Waals surface area contributed by atoms with Crippen LogP contribution in [0.5, 0.6) is 0 Å². The first-order chi connectivity index (χ1) is 6.93. The molecule has 5 N–H and O–H groups in total. The van der Waals surface area contributed by atoms with Gasteiger partial charge in [0.05, 0.1) is 13.2 Å². The largest absolute Gasteiger partial charge is 0.394 e. The zero-order valence-corrected chi connectivity index (χ0v) is 7.63. The van der Waals surface area contributed by atoms with Gasteiger partial charge in [-0.05, 0) is 0 Å². The summed E-state index contributed by atoms with van der Waals surface area (Å²) in [6, 6.07) is 0. The van der Waals surface area contributed by atoms with Crippen LogP contribution in [0.25, 0.3) is 0 Å². The van der Waals surface area contributed by atoms with Crippen molar-refractivity contribution in [3.05, 3.63) is 10.1 Å². The number of aliphatic hydroxyl groups excluding tert-OH is 5. The summed E-state index contributed by atoms with van der Waals surface area (Å²) < 4.78 is 0. The summed E-state index contributed by atoms with van der Waals surface area (Å²) in [5.41, 5.74) is 0. The van der Waals surface area contributed by atoms with Crippen LogP contribution in [-0.4, -0.2) is 68.2 Å². The summed E-state index contributed by atoms with van der Waals surface area (Å²) in [7, 11) is 0. The Kier molecular flexibility index (Phi) is 6.05. The molecule has 0 amide bonds. The van der Waals surface area contributed by atoms with Gasteiger partial charge in [0.1, 0.15) is 18.3 Å². The molecule has 9 heteroatoms. The van der Waals surface area contributed by atoms with E-state index in [2.05, 4.69) is 4.84 Å². The van der Waals surface area contributed by atoms with Crippen molar-refractivity contribution in [1.82, 2.24) is 0 Å². The van der Waals surface area contributed by atoms with Crippen molar-refractivity contribution in [2.45, 2.75) is 24.4 Å². The minimum atomic E-state index is -1.89. The van der Waals surface area contributed by atoms with Crippen molar-refractivity contribution in [3.8, 4) is 0 Å². The van der Waals surface area contributed by atoms with Gasteiger partial charge in [-0.25, -0.2) is 0 Å². The van der Waals surface area contributed by atoms with E-state index in [-0.39, 0.29) is 0 Å². The molecule has 0 radical (unpaired) electrons. The predicted molar refractivity (Wildman–Crippen MR) is 44.1 cm³/mol. The van der Waals surface area contributed by atoms with E-state index >= 15 is 0 Å². The van der Waals surface area contributed by atoms with E-state index in [1.807, 2.05) is 0 Å². The standard InChI is InChI=1S/C6H13NO8/c8-1-3(10)5(11)6(12)4(2-9)15-7(13)14/h3-6,8-12H,1-2H2/t3-,4-,5+,6+/m1/s1. The maximum Gasteiger partial charge on any atom is 0.294 e. The molecule has 0 aromatic carbocycles. The Morgan fingerprint density at radius 1 is 1.13 bits per heavy atom. The summed E-state index contributed by atoms with van der Waals surface area (Å²) in [6.07, 6.45) is -7.10. The molecule has 0 aromatic rings. The van der Waals surface area contributed by atoms with Gasteiger partial charge in [-0.3, -0.25) is 0 Å². The summed E-state index contributed by atoms with van der Waals surface area (Å²) in [5.74, 6) is 0. The highest BCUT2D eigenvalue weighted by atomic mass is 17.0. The molecule has 0 aliphatic carbocycles. The number of hydrogen-bond acceptors (Lipinski definition) is 8. The fourth-order valence-electron chi connectivity index (χ4n) is 0.870. The van der Waals surface area contributed by atoms with E-state index in [4.69, 9.17) is 20.4 Å². The smallest absolute Gasteiger partial charge is 0.294 e. The van der Waals surface area contributed by atoms with Gasteiger partial charge in [-0.1, -0.05) is 0 Å². The van der Waals surface area contributed by atoms with Gasteiger partial charge in [-0.15, -0.1) is 10.1 Å². The highest BCUT2D eigenvalue weighted by Gasteiger charge is 2.33. The molecule has 4 atom stereocenters. The lowest BCUT2D eigenvalue weighted by atomic mass is 10.0. The van der Waals surface area contributed by atoms with Crippen molar-refractivity contribution >= 4 is 0 Å². The molecular weight excluding hydrogens is 214 g/mol. The van der Waals surface area contributed by atoms with Crippen molar-refractivity contribution in [2.24, 2.45) is 0 Å². The summed E-state index contributed by atoms with van der Waals surface area (Å²) in [4.78, 5) is 13.7. The fraction of sp³-hybridized carbons (Fsp3) is 1.00. The molecule has 0 bridgehead atoms. The van der Waals surface area contributed by atoms with Crippen molar-refractivity contribution in [1.29, 1.82) is 0 Å². The average molecular weight is 227 g/mol. The van der Waals surface area contributed by atoms with Crippen LogP contribution in [-0.2, 0) is 4.84 Å². The van der Waals surface area contributed by atoms with Gasteiger partial charge in [0.25, 0.3) is 5.09 Å². The third kappa shape index (κ3) is 4.36. The van der Waals surface area contributed by atoms with Gasteiger partial charge >= 0.3 is 0 Å². The maximum atomic E-state index is 9.90. The Bertz CT molecular complexity index is 200. The highest BCUT2D eigenvalue weighted by Crippen LogP contribution is 2.08. The molecule has 0 aliphatic heterocycles. The molecule has 0 fully saturated rings. The van der Waals surface area contributed by atoms with E-state index in [0.717, 1.165) is 0 Å². The van der Waals surface area contributed by atoms with Crippen LogP contribution in [0.1, 0.15) is 0 Å². The second kappa shape index (κ2) is 6.48. The van der Waals surface area contributed by atoms with Crippen molar-refractivity contribution in [2.75, 3.05) is 13.2 Å². The lowest BCUT2D eigenvalue weighted by Crippen LogP contribution is -2.48. The first-order valence-electron chi connectivity index (χ1n) is 4.01. The SMILES string of the molecule is O=[N+]([O-])O[C@H](CO)[C@H](O)[C@@H](O)[C@H](O)CO. The summed E-state index contributed by atoms with van der Waals surface area (Å²) in [5, 5.41) is 52.9. The first kappa shape index (κ1) is 14.0. The zero-order valence-electron chi connectivity index (χ0n) is 7.63. The van der Waals surface area contributed by atoms with Crippen LogP contribution in [0.15, 0.2) is 0 Å². The average Bonchev–Trinajstić information content (AvgIpc) is 2.22. The zero-order chi connectivity index (χ0) is 12.0. The highest BCUT2D eigenvalue weighted by molar-refractivity contribution is 4.80. The third-order valence-corrected chi connectivity index (χ3v) is 1.71. The Hall–Kier alpha value is -1.00.